The average molecular weight is 495 g/mol. The van der Waals surface area contributed by atoms with Crippen molar-refractivity contribution in [1.82, 2.24) is 19.1 Å². The normalized spacial score (nSPS) is 15.1. The van der Waals surface area contributed by atoms with Crippen LogP contribution in [0.5, 0.6) is 0 Å². The first kappa shape index (κ1) is 20.0. The topological polar surface area (TPSA) is 80.9 Å². The molecule has 1 unspecified atom stereocenters. The Morgan fingerprint density at radius 1 is 1.27 bits per heavy atom. The summed E-state index contributed by atoms with van der Waals surface area (Å²) in [6.07, 6.45) is 1.65. The lowest BCUT2D eigenvalue weighted by Gasteiger charge is -2.21. The summed E-state index contributed by atoms with van der Waals surface area (Å²) in [5.74, 6) is -1.07. The Balaban J connectivity index is 1.71. The number of aromatic nitrogens is 4. The number of carboxylic acids is 1. The molecule has 6 nitrogen and oxygen atoms in total. The largest absolute Gasteiger partial charge is 0.476 e. The van der Waals surface area contributed by atoms with Gasteiger partial charge >= 0.3 is 5.97 Å². The van der Waals surface area contributed by atoms with Crippen LogP contribution in [0.25, 0.3) is 27.5 Å². The van der Waals surface area contributed by atoms with Crippen LogP contribution in [0.2, 0.25) is 10.0 Å². The second-order valence-electron chi connectivity index (χ2n) is 6.69. The van der Waals surface area contributed by atoms with Gasteiger partial charge in [-0.1, -0.05) is 34.5 Å². The van der Waals surface area contributed by atoms with E-state index in [9.17, 15) is 9.90 Å². The molecule has 1 aliphatic rings. The molecule has 0 aliphatic carbocycles. The van der Waals surface area contributed by atoms with E-state index in [1.807, 2.05) is 17.5 Å². The molecule has 1 N–H and O–H groups in total. The van der Waals surface area contributed by atoms with Crippen molar-refractivity contribution in [2.45, 2.75) is 23.3 Å². The fourth-order valence-electron chi connectivity index (χ4n) is 3.50. The highest BCUT2D eigenvalue weighted by Crippen LogP contribution is 2.53. The van der Waals surface area contributed by atoms with Gasteiger partial charge in [-0.15, -0.1) is 11.8 Å². The van der Waals surface area contributed by atoms with Gasteiger partial charge in [-0.05, 0) is 43.1 Å². The first-order chi connectivity index (χ1) is 14.3. The summed E-state index contributed by atoms with van der Waals surface area (Å²) in [6.45, 7) is 3.88. The van der Waals surface area contributed by atoms with Gasteiger partial charge in [0.1, 0.15) is 0 Å². The highest BCUT2D eigenvalue weighted by atomic mass is 35.5. The Hall–Kier alpha value is -1.91. The summed E-state index contributed by atoms with van der Waals surface area (Å²) in [5, 5.41) is 17.9. The Morgan fingerprint density at radius 2 is 2.03 bits per heavy atom. The van der Waals surface area contributed by atoms with Crippen molar-refractivity contribution in [3.05, 3.63) is 50.7 Å². The van der Waals surface area contributed by atoms with Gasteiger partial charge in [0.15, 0.2) is 5.69 Å². The van der Waals surface area contributed by atoms with Gasteiger partial charge in [0.25, 0.3) is 0 Å². The fourth-order valence-corrected chi connectivity index (χ4v) is 6.90. The number of carbonyl (C=O) groups is 1. The van der Waals surface area contributed by atoms with Crippen molar-refractivity contribution in [2.75, 3.05) is 0 Å². The standard InChI is InChI=1S/C19H12Cl2N4O2S3/c1-7-14(9-5-22-28-6-9)16(17(26)27)25(24-7)19-23-15-11-4-13(21)12(20)3-10(11)8(2)29-18(15)30-19/h3-6,8H,1-2H3,(H,26,27). The minimum atomic E-state index is -1.07. The summed E-state index contributed by atoms with van der Waals surface area (Å²) < 4.78 is 6.50. The van der Waals surface area contributed by atoms with Crippen molar-refractivity contribution in [1.29, 1.82) is 0 Å². The van der Waals surface area contributed by atoms with Crippen LogP contribution in [-0.4, -0.2) is 30.2 Å². The van der Waals surface area contributed by atoms with Crippen LogP contribution in [0.4, 0.5) is 0 Å². The van der Waals surface area contributed by atoms with Crippen molar-refractivity contribution in [3.63, 3.8) is 0 Å². The number of rotatable bonds is 3. The summed E-state index contributed by atoms with van der Waals surface area (Å²) in [5.41, 5.74) is 4.71. The van der Waals surface area contributed by atoms with E-state index in [1.165, 1.54) is 27.6 Å². The number of thiazole rings is 1. The van der Waals surface area contributed by atoms with Gasteiger partial charge in [0, 0.05) is 33.5 Å². The van der Waals surface area contributed by atoms with Crippen LogP contribution >= 0.6 is 57.8 Å². The molecule has 5 rings (SSSR count). The number of aromatic carboxylic acids is 1. The number of aryl methyl sites for hydroxylation is 1. The molecule has 4 heterocycles. The Morgan fingerprint density at radius 3 is 2.73 bits per heavy atom. The zero-order valence-corrected chi connectivity index (χ0v) is 19.5. The Labute approximate surface area is 193 Å². The predicted molar refractivity (Wildman–Crippen MR) is 122 cm³/mol. The molecular weight excluding hydrogens is 483 g/mol. The third-order valence-corrected chi connectivity index (χ3v) is 8.51. The number of benzene rings is 1. The molecule has 0 fully saturated rings. The highest BCUT2D eigenvalue weighted by Gasteiger charge is 2.31. The monoisotopic (exact) mass is 494 g/mol. The van der Waals surface area contributed by atoms with Crippen LogP contribution in [0, 0.1) is 6.92 Å². The maximum atomic E-state index is 12.2. The molecule has 0 bridgehead atoms. The lowest BCUT2D eigenvalue weighted by molar-refractivity contribution is 0.0688. The van der Waals surface area contributed by atoms with Crippen molar-refractivity contribution in [2.24, 2.45) is 0 Å². The fraction of sp³-hybridized carbons (Fsp3) is 0.158. The van der Waals surface area contributed by atoms with Gasteiger partial charge in [0.05, 0.1) is 25.6 Å². The van der Waals surface area contributed by atoms with Crippen LogP contribution in [0.3, 0.4) is 0 Å². The van der Waals surface area contributed by atoms with Crippen LogP contribution in [0.15, 0.2) is 27.9 Å². The lowest BCUT2D eigenvalue weighted by atomic mass is 10.0. The number of nitrogens with zero attached hydrogens (tertiary/aromatic N) is 4. The molecule has 1 aliphatic heterocycles. The van der Waals surface area contributed by atoms with Crippen molar-refractivity contribution < 1.29 is 9.90 Å². The van der Waals surface area contributed by atoms with E-state index < -0.39 is 5.97 Å². The lowest BCUT2D eigenvalue weighted by Crippen LogP contribution is -2.09. The van der Waals surface area contributed by atoms with Crippen molar-refractivity contribution in [3.8, 4) is 27.5 Å². The predicted octanol–water partition coefficient (Wildman–Crippen LogP) is 6.60. The molecule has 0 spiro atoms. The molecule has 152 valence electrons. The quantitative estimate of drug-likeness (QED) is 0.345. The van der Waals surface area contributed by atoms with E-state index >= 15 is 0 Å². The zero-order valence-electron chi connectivity index (χ0n) is 15.5. The molecule has 30 heavy (non-hydrogen) atoms. The SMILES string of the molecule is Cc1nn(-c2nc3c(s2)SC(C)c2cc(Cl)c(Cl)cc2-3)c(C(=O)O)c1-c1cnsc1. The Bertz CT molecular complexity index is 1310. The highest BCUT2D eigenvalue weighted by molar-refractivity contribution is 8.01. The van der Waals surface area contributed by atoms with E-state index in [1.54, 1.807) is 24.9 Å². The molecule has 0 radical (unpaired) electrons. The van der Waals surface area contributed by atoms with Gasteiger partial charge in [-0.2, -0.15) is 9.78 Å². The first-order valence-electron chi connectivity index (χ1n) is 8.75. The third kappa shape index (κ3) is 3.07. The molecule has 1 aromatic carbocycles. The molecule has 1 atom stereocenters. The average Bonchev–Trinajstić information content (AvgIpc) is 3.41. The van der Waals surface area contributed by atoms with Gasteiger partial charge in [0.2, 0.25) is 5.13 Å². The van der Waals surface area contributed by atoms with E-state index in [0.29, 0.717) is 26.4 Å². The van der Waals surface area contributed by atoms with E-state index in [2.05, 4.69) is 16.4 Å². The van der Waals surface area contributed by atoms with Crippen LogP contribution < -0.4 is 0 Å². The first-order valence-corrected chi connectivity index (χ1v) is 12.0. The minimum Gasteiger partial charge on any atom is -0.476 e. The number of hydrogen-bond acceptors (Lipinski definition) is 7. The number of thioether (sulfide) groups is 1. The van der Waals surface area contributed by atoms with Crippen LogP contribution in [-0.2, 0) is 0 Å². The second kappa shape index (κ2) is 7.35. The number of fused-ring (bicyclic) bond motifs is 3. The number of carboxylic acid groups (broad SMARTS) is 1. The maximum absolute atomic E-state index is 12.2. The maximum Gasteiger partial charge on any atom is 0.355 e. The third-order valence-electron chi connectivity index (χ3n) is 4.82. The molecular formula is C19H12Cl2N4O2S3. The van der Waals surface area contributed by atoms with Gasteiger partial charge in [-0.3, -0.25) is 0 Å². The molecule has 0 saturated heterocycles. The van der Waals surface area contributed by atoms with E-state index in [0.717, 1.165) is 26.6 Å². The van der Waals surface area contributed by atoms with Crippen molar-refractivity contribution >= 4 is 63.8 Å². The second-order valence-corrected chi connectivity index (χ2v) is 10.7. The minimum absolute atomic E-state index is 0.0752. The summed E-state index contributed by atoms with van der Waals surface area (Å²) in [4.78, 5) is 16.9. The van der Waals surface area contributed by atoms with E-state index in [-0.39, 0.29) is 10.9 Å². The van der Waals surface area contributed by atoms with Gasteiger partial charge < -0.3 is 5.11 Å². The zero-order chi connectivity index (χ0) is 21.2. The van der Waals surface area contributed by atoms with Gasteiger partial charge in [-0.25, -0.2) is 14.2 Å². The molecule has 0 saturated carbocycles. The molecule has 0 amide bonds. The smallest absolute Gasteiger partial charge is 0.355 e. The summed E-state index contributed by atoms with van der Waals surface area (Å²) in [7, 11) is 0. The Kier molecular flexibility index (Phi) is 4.90. The van der Waals surface area contributed by atoms with Crippen LogP contribution in [0.1, 0.15) is 33.9 Å². The molecule has 4 aromatic rings. The molecule has 11 heteroatoms. The number of hydrogen-bond donors (Lipinski definition) is 1. The number of halogens is 2. The summed E-state index contributed by atoms with van der Waals surface area (Å²) >= 11 is 16.8. The van der Waals surface area contributed by atoms with E-state index in [4.69, 9.17) is 28.2 Å². The molecule has 3 aromatic heterocycles. The summed E-state index contributed by atoms with van der Waals surface area (Å²) in [6, 6.07) is 3.70.